The standard InChI is InChI=1S/C16H14N2S3/c1-12-7-5-6-8-13(12)11-20-15-17-18(16(19)21-15)14-9-3-2-4-10-14/h2-10H,11H2,1H3. The van der Waals surface area contributed by atoms with Gasteiger partial charge in [0.05, 0.1) is 5.69 Å². The fraction of sp³-hybridized carbons (Fsp3) is 0.125. The first-order valence-electron chi connectivity index (χ1n) is 6.57. The molecule has 0 fully saturated rings. The molecule has 0 atom stereocenters. The van der Waals surface area contributed by atoms with Crippen molar-refractivity contribution in [3.63, 3.8) is 0 Å². The van der Waals surface area contributed by atoms with Crippen LogP contribution in [0, 0.1) is 10.9 Å². The summed E-state index contributed by atoms with van der Waals surface area (Å²) in [5.74, 6) is 0.920. The minimum absolute atomic E-state index is 0.786. The summed E-state index contributed by atoms with van der Waals surface area (Å²) in [6, 6.07) is 18.5. The monoisotopic (exact) mass is 330 g/mol. The van der Waals surface area contributed by atoms with Crippen molar-refractivity contribution in [2.24, 2.45) is 0 Å². The normalized spacial score (nSPS) is 10.7. The maximum Gasteiger partial charge on any atom is 0.184 e. The SMILES string of the molecule is Cc1ccccc1CSc1nn(-c2ccccc2)c(=S)s1. The number of aromatic nitrogens is 2. The Labute approximate surface area is 137 Å². The number of aryl methyl sites for hydroxylation is 1. The van der Waals surface area contributed by atoms with Crippen LogP contribution >= 0.6 is 35.3 Å². The van der Waals surface area contributed by atoms with Gasteiger partial charge in [0.2, 0.25) is 0 Å². The number of hydrogen-bond acceptors (Lipinski definition) is 4. The van der Waals surface area contributed by atoms with Gasteiger partial charge in [0, 0.05) is 5.75 Å². The van der Waals surface area contributed by atoms with E-state index in [2.05, 4.69) is 36.3 Å². The number of hydrogen-bond donors (Lipinski definition) is 0. The highest BCUT2D eigenvalue weighted by atomic mass is 32.2. The quantitative estimate of drug-likeness (QED) is 0.480. The minimum atomic E-state index is 0.786. The number of para-hydroxylation sites is 1. The van der Waals surface area contributed by atoms with E-state index in [1.807, 2.05) is 35.0 Å². The van der Waals surface area contributed by atoms with Gasteiger partial charge in [-0.1, -0.05) is 65.6 Å². The number of rotatable bonds is 4. The number of benzene rings is 2. The van der Waals surface area contributed by atoms with Gasteiger partial charge in [0.1, 0.15) is 0 Å². The van der Waals surface area contributed by atoms with Crippen molar-refractivity contribution in [3.8, 4) is 5.69 Å². The van der Waals surface area contributed by atoms with Crippen molar-refractivity contribution in [3.05, 3.63) is 69.7 Å². The van der Waals surface area contributed by atoms with Gasteiger partial charge in [-0.3, -0.25) is 0 Å². The lowest BCUT2D eigenvalue weighted by atomic mass is 10.1. The molecule has 3 aromatic rings. The second-order valence-electron chi connectivity index (χ2n) is 4.60. The molecule has 0 spiro atoms. The molecule has 2 nitrogen and oxygen atoms in total. The molecule has 1 aromatic heterocycles. The third-order valence-electron chi connectivity index (χ3n) is 3.14. The maximum absolute atomic E-state index is 5.42. The van der Waals surface area contributed by atoms with Crippen LogP contribution in [0.4, 0.5) is 0 Å². The predicted molar refractivity (Wildman–Crippen MR) is 93.0 cm³/mol. The molecule has 0 aliphatic rings. The van der Waals surface area contributed by atoms with Crippen LogP contribution in [0.2, 0.25) is 0 Å². The topological polar surface area (TPSA) is 17.8 Å². The van der Waals surface area contributed by atoms with E-state index in [0.29, 0.717) is 0 Å². The molecule has 0 amide bonds. The average Bonchev–Trinajstić information content (AvgIpc) is 2.88. The van der Waals surface area contributed by atoms with Crippen molar-refractivity contribution in [2.45, 2.75) is 17.0 Å². The molecule has 5 heteroatoms. The Bertz CT molecular complexity index is 791. The van der Waals surface area contributed by atoms with Crippen molar-refractivity contribution in [1.82, 2.24) is 9.78 Å². The van der Waals surface area contributed by atoms with Gasteiger partial charge in [0.25, 0.3) is 0 Å². The Morgan fingerprint density at radius 2 is 1.81 bits per heavy atom. The van der Waals surface area contributed by atoms with Crippen molar-refractivity contribution in [1.29, 1.82) is 0 Å². The molecule has 0 bridgehead atoms. The van der Waals surface area contributed by atoms with Crippen LogP contribution in [0.25, 0.3) is 5.69 Å². The van der Waals surface area contributed by atoms with Crippen LogP contribution in [0.1, 0.15) is 11.1 Å². The van der Waals surface area contributed by atoms with Crippen LogP contribution in [0.3, 0.4) is 0 Å². The molecule has 0 aliphatic heterocycles. The lowest BCUT2D eigenvalue weighted by Gasteiger charge is -2.03. The van der Waals surface area contributed by atoms with E-state index in [0.717, 1.165) is 19.7 Å². The maximum atomic E-state index is 5.42. The third-order valence-corrected chi connectivity index (χ3v) is 5.56. The largest absolute Gasteiger partial charge is 0.211 e. The first kappa shape index (κ1) is 14.5. The van der Waals surface area contributed by atoms with Crippen molar-refractivity contribution in [2.75, 3.05) is 0 Å². The van der Waals surface area contributed by atoms with E-state index in [4.69, 9.17) is 12.2 Å². The Morgan fingerprint density at radius 3 is 2.57 bits per heavy atom. The minimum Gasteiger partial charge on any atom is -0.211 e. The fourth-order valence-electron chi connectivity index (χ4n) is 1.96. The molecule has 1 heterocycles. The molecule has 0 saturated carbocycles. The van der Waals surface area contributed by atoms with Gasteiger partial charge in [-0.15, -0.1) is 5.10 Å². The zero-order valence-electron chi connectivity index (χ0n) is 11.5. The van der Waals surface area contributed by atoms with Crippen LogP contribution in [0.15, 0.2) is 58.9 Å². The summed E-state index contributed by atoms with van der Waals surface area (Å²) in [6.45, 7) is 2.14. The Kier molecular flexibility index (Phi) is 4.53. The summed E-state index contributed by atoms with van der Waals surface area (Å²) in [7, 11) is 0. The second-order valence-corrected chi connectivity index (χ2v) is 7.44. The molecule has 0 unspecified atom stereocenters. The summed E-state index contributed by atoms with van der Waals surface area (Å²) in [5, 5.41) is 4.62. The van der Waals surface area contributed by atoms with E-state index in [9.17, 15) is 0 Å². The molecule has 0 aliphatic carbocycles. The van der Waals surface area contributed by atoms with E-state index in [1.165, 1.54) is 11.1 Å². The summed E-state index contributed by atoms with van der Waals surface area (Å²) in [6.07, 6.45) is 0. The van der Waals surface area contributed by atoms with Crippen LogP contribution in [-0.2, 0) is 5.75 Å². The van der Waals surface area contributed by atoms with Gasteiger partial charge in [-0.05, 0) is 42.4 Å². The van der Waals surface area contributed by atoms with Crippen LogP contribution in [-0.4, -0.2) is 9.78 Å². The van der Waals surface area contributed by atoms with Crippen LogP contribution < -0.4 is 0 Å². The Balaban J connectivity index is 1.79. The first-order valence-corrected chi connectivity index (χ1v) is 8.78. The number of thioether (sulfide) groups is 1. The average molecular weight is 331 g/mol. The molecular weight excluding hydrogens is 316 g/mol. The van der Waals surface area contributed by atoms with Gasteiger partial charge in [0.15, 0.2) is 8.29 Å². The summed E-state index contributed by atoms with van der Waals surface area (Å²) in [5.41, 5.74) is 3.67. The van der Waals surface area contributed by atoms with E-state index in [-0.39, 0.29) is 0 Å². The summed E-state index contributed by atoms with van der Waals surface area (Å²) < 4.78 is 3.63. The lowest BCUT2D eigenvalue weighted by molar-refractivity contribution is 0.829. The lowest BCUT2D eigenvalue weighted by Crippen LogP contribution is -1.95. The summed E-state index contributed by atoms with van der Waals surface area (Å²) in [4.78, 5) is 0. The predicted octanol–water partition coefficient (Wildman–Crippen LogP) is 5.26. The highest BCUT2D eigenvalue weighted by Crippen LogP contribution is 2.27. The Morgan fingerprint density at radius 1 is 1.10 bits per heavy atom. The summed E-state index contributed by atoms with van der Waals surface area (Å²) >= 11 is 8.72. The smallest absolute Gasteiger partial charge is 0.184 e. The molecule has 2 aromatic carbocycles. The molecule has 0 radical (unpaired) electrons. The van der Waals surface area contributed by atoms with Crippen molar-refractivity contribution < 1.29 is 0 Å². The molecule has 3 rings (SSSR count). The van der Waals surface area contributed by atoms with Gasteiger partial charge in [-0.2, -0.15) is 0 Å². The molecule has 106 valence electrons. The highest BCUT2D eigenvalue weighted by molar-refractivity contribution is 8.00. The van der Waals surface area contributed by atoms with Gasteiger partial charge in [-0.25, -0.2) is 4.68 Å². The Hall–Kier alpha value is -1.43. The van der Waals surface area contributed by atoms with Crippen LogP contribution in [0.5, 0.6) is 0 Å². The van der Waals surface area contributed by atoms with E-state index in [1.54, 1.807) is 23.1 Å². The zero-order chi connectivity index (χ0) is 14.7. The molecular formula is C16H14N2S3. The second kappa shape index (κ2) is 6.56. The van der Waals surface area contributed by atoms with E-state index < -0.39 is 0 Å². The third kappa shape index (κ3) is 3.43. The highest BCUT2D eigenvalue weighted by Gasteiger charge is 2.07. The first-order chi connectivity index (χ1) is 10.2. The van der Waals surface area contributed by atoms with Crippen molar-refractivity contribution >= 4 is 35.3 Å². The fourth-order valence-corrected chi connectivity index (χ4v) is 4.40. The van der Waals surface area contributed by atoms with Gasteiger partial charge < -0.3 is 0 Å². The molecule has 21 heavy (non-hydrogen) atoms. The zero-order valence-corrected chi connectivity index (χ0v) is 14.0. The molecule has 0 N–H and O–H groups in total. The van der Waals surface area contributed by atoms with Gasteiger partial charge >= 0.3 is 0 Å². The van der Waals surface area contributed by atoms with E-state index >= 15 is 0 Å². The molecule has 0 saturated heterocycles. The number of nitrogens with zero attached hydrogens (tertiary/aromatic N) is 2.